The highest BCUT2D eigenvalue weighted by Gasteiger charge is 2.09. The molecule has 23 heavy (non-hydrogen) atoms. The van der Waals surface area contributed by atoms with Gasteiger partial charge < -0.3 is 4.42 Å². The first kappa shape index (κ1) is 13.5. The second-order valence-electron chi connectivity index (χ2n) is 5.44. The number of benzene rings is 2. The Kier molecular flexibility index (Phi) is 3.08. The van der Waals surface area contributed by atoms with Crippen LogP contribution in [0.2, 0.25) is 0 Å². The summed E-state index contributed by atoms with van der Waals surface area (Å²) in [6.07, 6.45) is 1.88. The second-order valence-corrected chi connectivity index (χ2v) is 5.44. The van der Waals surface area contributed by atoms with E-state index in [-0.39, 0.29) is 5.63 Å². The van der Waals surface area contributed by atoms with Crippen molar-refractivity contribution in [3.63, 3.8) is 0 Å². The molecule has 0 unspecified atom stereocenters. The third kappa shape index (κ3) is 2.44. The van der Waals surface area contributed by atoms with Crippen LogP contribution in [0.5, 0.6) is 0 Å². The van der Waals surface area contributed by atoms with Gasteiger partial charge in [0.1, 0.15) is 5.58 Å². The molecule has 2 heterocycles. The van der Waals surface area contributed by atoms with Gasteiger partial charge in [-0.25, -0.2) is 9.48 Å². The maximum absolute atomic E-state index is 12.3. The normalized spacial score (nSPS) is 11.0. The van der Waals surface area contributed by atoms with Crippen LogP contribution in [0.25, 0.3) is 27.8 Å². The number of aryl methyl sites for hydroxylation is 1. The molecule has 0 atom stereocenters. The average molecular weight is 302 g/mol. The lowest BCUT2D eigenvalue weighted by Gasteiger charge is -2.05. The molecule has 4 aromatic rings. The first-order valence-corrected chi connectivity index (χ1v) is 7.37. The van der Waals surface area contributed by atoms with Crippen LogP contribution in [-0.2, 0) is 0 Å². The molecule has 0 amide bonds. The van der Waals surface area contributed by atoms with Crippen LogP contribution in [0.1, 0.15) is 5.69 Å². The summed E-state index contributed by atoms with van der Waals surface area (Å²) in [5.74, 6) is 0. The fraction of sp³-hybridized carbons (Fsp3) is 0.0526. The summed E-state index contributed by atoms with van der Waals surface area (Å²) >= 11 is 0. The van der Waals surface area contributed by atoms with Crippen LogP contribution in [0.4, 0.5) is 0 Å². The summed E-state index contributed by atoms with van der Waals surface area (Å²) in [5, 5.41) is 5.26. The van der Waals surface area contributed by atoms with Crippen LogP contribution < -0.4 is 5.63 Å². The van der Waals surface area contributed by atoms with Gasteiger partial charge in [-0.05, 0) is 36.8 Å². The minimum Gasteiger partial charge on any atom is -0.422 e. The van der Waals surface area contributed by atoms with Gasteiger partial charge in [0.25, 0.3) is 0 Å². The standard InChI is InChI=1S/C19H14N2O2/c1-13-9-10-21(20-13)16-8-7-15-11-17(14-5-3-2-4-6-14)19(22)23-18(15)12-16/h2-12H,1H3. The fourth-order valence-electron chi connectivity index (χ4n) is 2.62. The lowest BCUT2D eigenvalue weighted by atomic mass is 10.1. The fourth-order valence-corrected chi connectivity index (χ4v) is 2.62. The zero-order chi connectivity index (χ0) is 15.8. The Labute approximate surface area is 132 Å². The Morgan fingerprint density at radius 2 is 1.83 bits per heavy atom. The number of nitrogens with zero attached hydrogens (tertiary/aromatic N) is 2. The molecular weight excluding hydrogens is 288 g/mol. The maximum Gasteiger partial charge on any atom is 0.344 e. The minimum atomic E-state index is -0.336. The van der Waals surface area contributed by atoms with E-state index in [4.69, 9.17) is 4.42 Å². The topological polar surface area (TPSA) is 48.0 Å². The highest BCUT2D eigenvalue weighted by molar-refractivity contribution is 5.83. The molecule has 4 heteroatoms. The monoisotopic (exact) mass is 302 g/mol. The summed E-state index contributed by atoms with van der Waals surface area (Å²) in [4.78, 5) is 12.3. The van der Waals surface area contributed by atoms with Crippen molar-refractivity contribution >= 4 is 11.0 Å². The predicted octanol–water partition coefficient (Wildman–Crippen LogP) is 3.95. The number of rotatable bonds is 2. The molecule has 4 rings (SSSR count). The van der Waals surface area contributed by atoms with Crippen LogP contribution in [0.3, 0.4) is 0 Å². The van der Waals surface area contributed by atoms with Gasteiger partial charge in [0.2, 0.25) is 0 Å². The third-order valence-electron chi connectivity index (χ3n) is 3.79. The van der Waals surface area contributed by atoms with Crippen LogP contribution >= 0.6 is 0 Å². The van der Waals surface area contributed by atoms with E-state index in [2.05, 4.69) is 5.10 Å². The molecule has 0 fully saturated rings. The average Bonchev–Trinajstić information content (AvgIpc) is 3.01. The van der Waals surface area contributed by atoms with Gasteiger partial charge in [0.15, 0.2) is 0 Å². The molecule has 0 radical (unpaired) electrons. The maximum atomic E-state index is 12.3. The highest BCUT2D eigenvalue weighted by Crippen LogP contribution is 2.22. The van der Waals surface area contributed by atoms with Gasteiger partial charge in [0, 0.05) is 17.6 Å². The SMILES string of the molecule is Cc1ccn(-c2ccc3cc(-c4ccccc4)c(=O)oc3c2)n1. The highest BCUT2D eigenvalue weighted by atomic mass is 16.4. The molecular formula is C19H14N2O2. The smallest absolute Gasteiger partial charge is 0.344 e. The number of hydrogen-bond acceptors (Lipinski definition) is 3. The van der Waals surface area contributed by atoms with Crippen molar-refractivity contribution in [3.05, 3.63) is 83.0 Å². The van der Waals surface area contributed by atoms with E-state index in [1.165, 1.54) is 0 Å². The van der Waals surface area contributed by atoms with E-state index in [1.807, 2.05) is 73.8 Å². The number of aromatic nitrogens is 2. The van der Waals surface area contributed by atoms with E-state index in [1.54, 1.807) is 4.68 Å². The van der Waals surface area contributed by atoms with Gasteiger partial charge in [-0.2, -0.15) is 5.10 Å². The van der Waals surface area contributed by atoms with Gasteiger partial charge in [-0.15, -0.1) is 0 Å². The van der Waals surface area contributed by atoms with Gasteiger partial charge >= 0.3 is 5.63 Å². The summed E-state index contributed by atoms with van der Waals surface area (Å²) in [6.45, 7) is 1.93. The first-order chi connectivity index (χ1) is 11.2. The Balaban J connectivity index is 1.87. The van der Waals surface area contributed by atoms with E-state index in [9.17, 15) is 4.79 Å². The van der Waals surface area contributed by atoms with E-state index in [0.29, 0.717) is 11.1 Å². The van der Waals surface area contributed by atoms with E-state index < -0.39 is 0 Å². The van der Waals surface area contributed by atoms with Crippen LogP contribution in [0.15, 0.2) is 76.1 Å². The molecule has 4 nitrogen and oxygen atoms in total. The van der Waals surface area contributed by atoms with E-state index >= 15 is 0 Å². The van der Waals surface area contributed by atoms with Crippen molar-refractivity contribution < 1.29 is 4.42 Å². The largest absolute Gasteiger partial charge is 0.422 e. The summed E-state index contributed by atoms with van der Waals surface area (Å²) in [6, 6.07) is 19.1. The minimum absolute atomic E-state index is 0.336. The molecule has 0 aliphatic heterocycles. The molecule has 2 aromatic carbocycles. The Morgan fingerprint density at radius 3 is 2.57 bits per heavy atom. The summed E-state index contributed by atoms with van der Waals surface area (Å²) in [7, 11) is 0. The van der Waals surface area contributed by atoms with Gasteiger partial charge in [0.05, 0.1) is 16.9 Å². The molecule has 2 aromatic heterocycles. The van der Waals surface area contributed by atoms with Gasteiger partial charge in [-0.3, -0.25) is 0 Å². The molecule has 0 bridgehead atoms. The van der Waals surface area contributed by atoms with Crippen molar-refractivity contribution in [1.29, 1.82) is 0 Å². The molecule has 0 N–H and O–H groups in total. The zero-order valence-corrected chi connectivity index (χ0v) is 12.6. The van der Waals surface area contributed by atoms with Crippen LogP contribution in [0, 0.1) is 6.92 Å². The van der Waals surface area contributed by atoms with Crippen molar-refractivity contribution in [2.45, 2.75) is 6.92 Å². The van der Waals surface area contributed by atoms with Crippen molar-refractivity contribution in [2.75, 3.05) is 0 Å². The van der Waals surface area contributed by atoms with E-state index in [0.717, 1.165) is 22.3 Å². The zero-order valence-electron chi connectivity index (χ0n) is 12.6. The molecule has 0 saturated heterocycles. The predicted molar refractivity (Wildman–Crippen MR) is 89.8 cm³/mol. The molecule has 112 valence electrons. The number of hydrogen-bond donors (Lipinski definition) is 0. The first-order valence-electron chi connectivity index (χ1n) is 7.37. The van der Waals surface area contributed by atoms with Crippen molar-refractivity contribution in [3.8, 4) is 16.8 Å². The lowest BCUT2D eigenvalue weighted by Crippen LogP contribution is -2.03. The van der Waals surface area contributed by atoms with Gasteiger partial charge in [-0.1, -0.05) is 30.3 Å². The van der Waals surface area contributed by atoms with Crippen LogP contribution in [-0.4, -0.2) is 9.78 Å². The molecule has 0 saturated carbocycles. The third-order valence-corrected chi connectivity index (χ3v) is 3.79. The second kappa shape index (κ2) is 5.25. The quantitative estimate of drug-likeness (QED) is 0.527. The Bertz CT molecular complexity index is 1050. The molecule has 0 spiro atoms. The Hall–Kier alpha value is -3.14. The Morgan fingerprint density at radius 1 is 1.00 bits per heavy atom. The van der Waals surface area contributed by atoms with Crippen molar-refractivity contribution in [2.24, 2.45) is 0 Å². The summed E-state index contributed by atoms with van der Waals surface area (Å²) in [5.41, 5.74) is 3.45. The lowest BCUT2D eigenvalue weighted by molar-refractivity contribution is 0.563. The molecule has 0 aliphatic rings. The number of fused-ring (bicyclic) bond motifs is 1. The summed E-state index contributed by atoms with van der Waals surface area (Å²) < 4.78 is 7.28. The van der Waals surface area contributed by atoms with Crippen molar-refractivity contribution in [1.82, 2.24) is 9.78 Å². The molecule has 0 aliphatic carbocycles.